The zero-order valence-electron chi connectivity index (χ0n) is 18.9. The minimum absolute atomic E-state index is 0.269. The summed E-state index contributed by atoms with van der Waals surface area (Å²) in [6.07, 6.45) is 3.01. The highest BCUT2D eigenvalue weighted by Gasteiger charge is 2.16. The number of pyridine rings is 1. The first-order valence-corrected chi connectivity index (χ1v) is 11.6. The number of imidazole rings is 1. The number of hydrogen-bond donors (Lipinski definition) is 2. The lowest BCUT2D eigenvalue weighted by atomic mass is 10.2. The third kappa shape index (κ3) is 5.71. The van der Waals surface area contributed by atoms with Gasteiger partial charge in [0, 0.05) is 18.0 Å². The van der Waals surface area contributed by atoms with E-state index >= 15 is 0 Å². The number of anilines is 1. The molecule has 0 bridgehead atoms. The average molecular weight is 462 g/mol. The maximum atomic E-state index is 12.5. The summed E-state index contributed by atoms with van der Waals surface area (Å²) >= 11 is 6.05. The molecule has 0 unspecified atom stereocenters. The molecule has 2 N–H and O–H groups in total. The van der Waals surface area contributed by atoms with E-state index in [1.54, 1.807) is 0 Å². The highest BCUT2D eigenvalue weighted by Crippen LogP contribution is 2.24. The van der Waals surface area contributed by atoms with E-state index in [-0.39, 0.29) is 6.03 Å². The maximum absolute atomic E-state index is 12.5. The number of urea groups is 1. The summed E-state index contributed by atoms with van der Waals surface area (Å²) in [5.41, 5.74) is 5.18. The second-order valence-corrected chi connectivity index (χ2v) is 8.54. The fourth-order valence-electron chi connectivity index (χ4n) is 3.72. The van der Waals surface area contributed by atoms with Crippen molar-refractivity contribution in [2.24, 2.45) is 0 Å². The quantitative estimate of drug-likeness (QED) is 0.332. The number of benzene rings is 2. The fourth-order valence-corrected chi connectivity index (χ4v) is 3.85. The third-order valence-corrected chi connectivity index (χ3v) is 5.79. The molecule has 0 spiro atoms. The number of nitrogens with one attached hydrogen (secondary N) is 2. The van der Waals surface area contributed by atoms with Crippen LogP contribution in [-0.4, -0.2) is 20.6 Å². The lowest BCUT2D eigenvalue weighted by Gasteiger charge is -2.11. The molecule has 0 aliphatic heterocycles. The van der Waals surface area contributed by atoms with Crippen LogP contribution in [0.3, 0.4) is 0 Å². The minimum Gasteiger partial charge on any atom is -0.334 e. The first-order valence-electron chi connectivity index (χ1n) is 11.2. The van der Waals surface area contributed by atoms with Gasteiger partial charge in [-0.3, -0.25) is 0 Å². The third-order valence-electron chi connectivity index (χ3n) is 5.54. The van der Waals surface area contributed by atoms with E-state index in [1.807, 2.05) is 67.6 Å². The second-order valence-electron chi connectivity index (χ2n) is 8.10. The Morgan fingerprint density at radius 2 is 1.79 bits per heavy atom. The van der Waals surface area contributed by atoms with Gasteiger partial charge in [-0.1, -0.05) is 67.4 Å². The summed E-state index contributed by atoms with van der Waals surface area (Å²) in [5.74, 6) is 0.999. The number of rotatable bonds is 8. The predicted octanol–water partition coefficient (Wildman–Crippen LogP) is 6.11. The second kappa shape index (κ2) is 10.5. The van der Waals surface area contributed by atoms with Gasteiger partial charge >= 0.3 is 6.03 Å². The summed E-state index contributed by atoms with van der Waals surface area (Å²) in [4.78, 5) is 22.2. The zero-order valence-corrected chi connectivity index (χ0v) is 19.7. The van der Waals surface area contributed by atoms with Crippen LogP contribution in [0.2, 0.25) is 5.02 Å². The molecule has 4 aromatic rings. The molecule has 2 aromatic carbocycles. The van der Waals surface area contributed by atoms with E-state index in [0.717, 1.165) is 58.1 Å². The molecule has 2 heterocycles. The molecule has 33 heavy (non-hydrogen) atoms. The van der Waals surface area contributed by atoms with Crippen LogP contribution < -0.4 is 10.6 Å². The minimum atomic E-state index is -0.269. The molecule has 0 saturated heterocycles. The Morgan fingerprint density at radius 3 is 2.52 bits per heavy atom. The fraction of sp³-hybridized carbons (Fsp3) is 0.269. The molecular weight excluding hydrogens is 434 g/mol. The maximum Gasteiger partial charge on any atom is 0.319 e. The molecule has 7 heteroatoms. The van der Waals surface area contributed by atoms with E-state index in [0.29, 0.717) is 18.8 Å². The van der Waals surface area contributed by atoms with Crippen molar-refractivity contribution in [2.45, 2.75) is 46.2 Å². The van der Waals surface area contributed by atoms with Crippen molar-refractivity contribution < 1.29 is 4.79 Å². The number of carbonyl (C=O) groups excluding carboxylic acids is 1. The van der Waals surface area contributed by atoms with Crippen molar-refractivity contribution in [2.75, 3.05) is 5.32 Å². The first-order chi connectivity index (χ1) is 16.0. The smallest absolute Gasteiger partial charge is 0.319 e. The van der Waals surface area contributed by atoms with Crippen molar-refractivity contribution in [3.8, 4) is 0 Å². The van der Waals surface area contributed by atoms with Crippen molar-refractivity contribution in [3.63, 3.8) is 0 Å². The molecule has 0 fully saturated rings. The molecule has 0 aliphatic carbocycles. The Labute approximate surface area is 199 Å². The van der Waals surface area contributed by atoms with Gasteiger partial charge < -0.3 is 15.2 Å². The van der Waals surface area contributed by atoms with Crippen LogP contribution in [-0.2, 0) is 19.5 Å². The van der Waals surface area contributed by atoms with Crippen molar-refractivity contribution in [3.05, 3.63) is 88.3 Å². The zero-order chi connectivity index (χ0) is 23.2. The summed E-state index contributed by atoms with van der Waals surface area (Å²) in [6, 6.07) is 19.3. The van der Waals surface area contributed by atoms with Crippen LogP contribution >= 0.6 is 11.6 Å². The Kier molecular flexibility index (Phi) is 7.25. The summed E-state index contributed by atoms with van der Waals surface area (Å²) in [7, 11) is 0. The number of amides is 2. The van der Waals surface area contributed by atoms with E-state index < -0.39 is 0 Å². The SMILES string of the molecule is CCCCc1nc2cc(NC(=O)NCc3ccccc3)c(C)nc2n1Cc1ccc(Cl)cc1. The lowest BCUT2D eigenvalue weighted by molar-refractivity contribution is 0.251. The largest absolute Gasteiger partial charge is 0.334 e. The predicted molar refractivity (Wildman–Crippen MR) is 134 cm³/mol. The highest BCUT2D eigenvalue weighted by atomic mass is 35.5. The molecule has 2 aromatic heterocycles. The lowest BCUT2D eigenvalue weighted by Crippen LogP contribution is -2.28. The highest BCUT2D eigenvalue weighted by molar-refractivity contribution is 6.30. The number of hydrogen-bond acceptors (Lipinski definition) is 3. The van der Waals surface area contributed by atoms with Crippen LogP contribution in [0, 0.1) is 6.92 Å². The van der Waals surface area contributed by atoms with Gasteiger partial charge in [0.2, 0.25) is 0 Å². The van der Waals surface area contributed by atoms with Crippen LogP contribution in [0.15, 0.2) is 60.7 Å². The van der Waals surface area contributed by atoms with E-state index in [4.69, 9.17) is 21.6 Å². The summed E-state index contributed by atoms with van der Waals surface area (Å²) in [6.45, 7) is 5.20. The van der Waals surface area contributed by atoms with E-state index in [1.165, 1.54) is 0 Å². The number of carbonyl (C=O) groups is 1. The molecule has 170 valence electrons. The van der Waals surface area contributed by atoms with Gasteiger partial charge in [-0.15, -0.1) is 0 Å². The number of nitrogens with zero attached hydrogens (tertiary/aromatic N) is 3. The molecule has 4 rings (SSSR count). The molecule has 0 atom stereocenters. The topological polar surface area (TPSA) is 71.8 Å². The van der Waals surface area contributed by atoms with Crippen molar-refractivity contribution >= 4 is 34.5 Å². The van der Waals surface area contributed by atoms with Crippen molar-refractivity contribution in [1.29, 1.82) is 0 Å². The normalized spacial score (nSPS) is 11.0. The molecule has 2 amide bonds. The van der Waals surface area contributed by atoms with Gasteiger partial charge in [-0.05, 0) is 42.7 Å². The van der Waals surface area contributed by atoms with Crippen LogP contribution in [0.1, 0.15) is 42.4 Å². The summed E-state index contributed by atoms with van der Waals surface area (Å²) < 4.78 is 2.17. The molecule has 6 nitrogen and oxygen atoms in total. The summed E-state index contributed by atoms with van der Waals surface area (Å²) in [5, 5.41) is 6.53. The molecule has 0 saturated carbocycles. The van der Waals surface area contributed by atoms with Gasteiger partial charge in [0.05, 0.1) is 17.9 Å². The Balaban J connectivity index is 1.57. The average Bonchev–Trinajstić information content (AvgIpc) is 3.14. The number of unbranched alkanes of at least 4 members (excludes halogenated alkanes) is 1. The van der Waals surface area contributed by atoms with Crippen LogP contribution in [0.5, 0.6) is 0 Å². The van der Waals surface area contributed by atoms with Crippen molar-refractivity contribution in [1.82, 2.24) is 19.9 Å². The van der Waals surface area contributed by atoms with Gasteiger partial charge in [0.25, 0.3) is 0 Å². The molecular formula is C26H28ClN5O. The number of fused-ring (bicyclic) bond motifs is 1. The Bertz CT molecular complexity index is 1240. The van der Waals surface area contributed by atoms with Gasteiger partial charge in [-0.25, -0.2) is 14.8 Å². The molecule has 0 aliphatic rings. The monoisotopic (exact) mass is 461 g/mol. The van der Waals surface area contributed by atoms with E-state index in [2.05, 4.69) is 22.1 Å². The van der Waals surface area contributed by atoms with E-state index in [9.17, 15) is 4.79 Å². The van der Waals surface area contributed by atoms with Crippen LogP contribution in [0.25, 0.3) is 11.2 Å². The molecule has 0 radical (unpaired) electrons. The Morgan fingerprint density at radius 1 is 1.03 bits per heavy atom. The van der Waals surface area contributed by atoms with Gasteiger partial charge in [-0.2, -0.15) is 0 Å². The number of aryl methyl sites for hydroxylation is 2. The van der Waals surface area contributed by atoms with Crippen LogP contribution in [0.4, 0.5) is 10.5 Å². The van der Waals surface area contributed by atoms with Gasteiger partial charge in [0.1, 0.15) is 11.3 Å². The number of aromatic nitrogens is 3. The number of halogens is 1. The first kappa shape index (κ1) is 22.8. The standard InChI is InChI=1S/C26H28ClN5O/c1-3-4-10-24-30-23-15-22(31-26(33)28-16-19-8-6-5-7-9-19)18(2)29-25(23)32(24)17-20-11-13-21(27)14-12-20/h5-9,11-15H,3-4,10,16-17H2,1-2H3,(H2,28,31,33). The van der Waals surface area contributed by atoms with Gasteiger partial charge in [0.15, 0.2) is 5.65 Å². The Hall–Kier alpha value is -3.38.